The second-order valence-corrected chi connectivity index (χ2v) is 6.03. The van der Waals surface area contributed by atoms with Gasteiger partial charge in [-0.3, -0.25) is 0 Å². The average molecular weight is 351 g/mol. The van der Waals surface area contributed by atoms with Crippen molar-refractivity contribution in [1.82, 2.24) is 0 Å². The maximum atomic E-state index is 12.7. The first kappa shape index (κ1) is 15.6. The van der Waals surface area contributed by atoms with Crippen molar-refractivity contribution in [3.8, 4) is 0 Å². The van der Waals surface area contributed by atoms with E-state index >= 15 is 0 Å². The van der Waals surface area contributed by atoms with E-state index in [-0.39, 0.29) is 12.8 Å². The van der Waals surface area contributed by atoms with Gasteiger partial charge < -0.3 is 10.6 Å². The molecule has 0 radical (unpaired) electrons. The molecule has 1 heterocycles. The fraction of sp³-hybridized carbons (Fsp3) is 0.571. The lowest BCUT2D eigenvalue weighted by Gasteiger charge is -2.35. The molecule has 1 saturated heterocycles. The summed E-state index contributed by atoms with van der Waals surface area (Å²) in [6, 6.07) is 5.90. The molecule has 2 N–H and O–H groups in total. The molecule has 1 aromatic carbocycles. The molecule has 1 aliphatic rings. The van der Waals surface area contributed by atoms with Crippen LogP contribution >= 0.6 is 15.9 Å². The lowest BCUT2D eigenvalue weighted by atomic mass is 9.95. The fourth-order valence-electron chi connectivity index (χ4n) is 2.65. The third-order valence-electron chi connectivity index (χ3n) is 3.76. The molecule has 0 atom stereocenters. The number of anilines is 1. The maximum absolute atomic E-state index is 12.7. The molecule has 20 heavy (non-hydrogen) atoms. The van der Waals surface area contributed by atoms with Gasteiger partial charge in [-0.1, -0.05) is 22.0 Å². The second-order valence-electron chi connectivity index (χ2n) is 5.11. The average Bonchev–Trinajstić information content (AvgIpc) is 2.40. The van der Waals surface area contributed by atoms with Gasteiger partial charge in [0.2, 0.25) is 0 Å². The summed E-state index contributed by atoms with van der Waals surface area (Å²) in [6.45, 7) is 1.42. The topological polar surface area (TPSA) is 29.3 Å². The van der Waals surface area contributed by atoms with Crippen LogP contribution in [0.25, 0.3) is 0 Å². The predicted octanol–water partition coefficient (Wildman–Crippen LogP) is 3.73. The first-order valence-electron chi connectivity index (χ1n) is 6.72. The third-order valence-corrected chi connectivity index (χ3v) is 4.25. The lowest BCUT2D eigenvalue weighted by Crippen LogP contribution is -2.39. The van der Waals surface area contributed by atoms with Crippen LogP contribution in [0.1, 0.15) is 18.4 Å². The zero-order chi connectivity index (χ0) is 14.8. The molecule has 1 aromatic rings. The van der Waals surface area contributed by atoms with Crippen molar-refractivity contribution in [2.45, 2.75) is 25.4 Å². The Balaban J connectivity index is 2.12. The Labute approximate surface area is 125 Å². The molecule has 0 amide bonds. The smallest absolute Gasteiger partial charge is 0.371 e. The van der Waals surface area contributed by atoms with E-state index in [0.29, 0.717) is 19.6 Å². The lowest BCUT2D eigenvalue weighted by molar-refractivity contribution is -0.179. The molecule has 0 unspecified atom stereocenters. The van der Waals surface area contributed by atoms with E-state index < -0.39 is 12.1 Å². The normalized spacial score (nSPS) is 17.6. The van der Waals surface area contributed by atoms with E-state index in [1.54, 1.807) is 0 Å². The van der Waals surface area contributed by atoms with Crippen LogP contribution in [0.5, 0.6) is 0 Å². The van der Waals surface area contributed by atoms with Crippen LogP contribution in [-0.2, 0) is 6.42 Å². The number of hydrogen-bond acceptors (Lipinski definition) is 2. The second kappa shape index (κ2) is 6.35. The van der Waals surface area contributed by atoms with Gasteiger partial charge in [0, 0.05) is 23.2 Å². The Morgan fingerprint density at radius 3 is 2.45 bits per heavy atom. The van der Waals surface area contributed by atoms with Gasteiger partial charge in [0.05, 0.1) is 5.92 Å². The molecule has 0 spiro atoms. The van der Waals surface area contributed by atoms with Gasteiger partial charge in [0.15, 0.2) is 0 Å². The number of benzene rings is 1. The van der Waals surface area contributed by atoms with Gasteiger partial charge in [-0.15, -0.1) is 0 Å². The highest BCUT2D eigenvalue weighted by atomic mass is 79.9. The highest BCUT2D eigenvalue weighted by molar-refractivity contribution is 9.10. The summed E-state index contributed by atoms with van der Waals surface area (Å²) >= 11 is 3.42. The minimum absolute atomic E-state index is 0.165. The highest BCUT2D eigenvalue weighted by Gasteiger charge is 2.41. The molecule has 112 valence electrons. The molecule has 1 fully saturated rings. The van der Waals surface area contributed by atoms with Crippen LogP contribution in [0.4, 0.5) is 18.9 Å². The summed E-state index contributed by atoms with van der Waals surface area (Å²) in [5, 5.41) is 0. The molecule has 1 aliphatic heterocycles. The number of rotatable bonds is 3. The van der Waals surface area contributed by atoms with E-state index in [2.05, 4.69) is 15.9 Å². The Hall–Kier alpha value is -0.750. The number of halogens is 4. The van der Waals surface area contributed by atoms with Crippen molar-refractivity contribution in [2.75, 3.05) is 24.5 Å². The summed E-state index contributed by atoms with van der Waals surface area (Å²) in [5.74, 6) is -1.16. The Kier molecular flexibility index (Phi) is 4.96. The zero-order valence-electron chi connectivity index (χ0n) is 11.1. The molecule has 2 nitrogen and oxygen atoms in total. The summed E-state index contributed by atoms with van der Waals surface area (Å²) in [7, 11) is 0. The van der Waals surface area contributed by atoms with E-state index in [4.69, 9.17) is 5.73 Å². The molecule has 0 aliphatic carbocycles. The summed E-state index contributed by atoms with van der Waals surface area (Å²) in [4.78, 5) is 2.04. The molecular weight excluding hydrogens is 333 g/mol. The molecular formula is C14H18BrF3N2. The summed E-state index contributed by atoms with van der Waals surface area (Å²) < 4.78 is 39.0. The highest BCUT2D eigenvalue weighted by Crippen LogP contribution is 2.36. The monoisotopic (exact) mass is 350 g/mol. The Morgan fingerprint density at radius 1 is 1.25 bits per heavy atom. The van der Waals surface area contributed by atoms with Crippen LogP contribution in [0, 0.1) is 5.92 Å². The summed E-state index contributed by atoms with van der Waals surface area (Å²) in [5.41, 5.74) is 7.70. The van der Waals surface area contributed by atoms with Crippen molar-refractivity contribution in [3.05, 3.63) is 28.2 Å². The number of nitrogens with zero attached hydrogens (tertiary/aromatic N) is 1. The van der Waals surface area contributed by atoms with Crippen LogP contribution < -0.4 is 10.6 Å². The van der Waals surface area contributed by atoms with Crippen LogP contribution in [0.3, 0.4) is 0 Å². The van der Waals surface area contributed by atoms with Gasteiger partial charge in [-0.25, -0.2) is 0 Å². The van der Waals surface area contributed by atoms with Crippen LogP contribution in [-0.4, -0.2) is 25.8 Å². The van der Waals surface area contributed by atoms with Gasteiger partial charge in [-0.05, 0) is 43.5 Å². The minimum Gasteiger partial charge on any atom is -0.371 e. The van der Waals surface area contributed by atoms with Crippen molar-refractivity contribution in [1.29, 1.82) is 0 Å². The van der Waals surface area contributed by atoms with Crippen molar-refractivity contribution >= 4 is 21.6 Å². The molecule has 0 bridgehead atoms. The van der Waals surface area contributed by atoms with E-state index in [9.17, 15) is 13.2 Å². The van der Waals surface area contributed by atoms with Crippen molar-refractivity contribution < 1.29 is 13.2 Å². The zero-order valence-corrected chi connectivity index (χ0v) is 12.7. The van der Waals surface area contributed by atoms with Gasteiger partial charge in [-0.2, -0.15) is 13.2 Å². The maximum Gasteiger partial charge on any atom is 0.391 e. The summed E-state index contributed by atoms with van der Waals surface area (Å²) in [6.07, 6.45) is -3.00. The van der Waals surface area contributed by atoms with E-state index in [1.807, 2.05) is 23.1 Å². The van der Waals surface area contributed by atoms with Gasteiger partial charge in [0.1, 0.15) is 0 Å². The van der Waals surface area contributed by atoms with Crippen molar-refractivity contribution in [2.24, 2.45) is 11.7 Å². The van der Waals surface area contributed by atoms with E-state index in [0.717, 1.165) is 22.1 Å². The van der Waals surface area contributed by atoms with Crippen LogP contribution in [0.15, 0.2) is 22.7 Å². The Morgan fingerprint density at radius 2 is 1.90 bits per heavy atom. The minimum atomic E-state index is -4.07. The number of alkyl halides is 3. The fourth-order valence-corrected chi connectivity index (χ4v) is 3.00. The first-order chi connectivity index (χ1) is 9.41. The molecule has 6 heteroatoms. The standard InChI is InChI=1S/C14H18BrF3N2/c15-12-2-1-10(3-6-19)13(9-12)20-7-4-11(5-8-20)14(16,17)18/h1-2,9,11H,3-8,19H2. The number of piperidine rings is 1. The quantitative estimate of drug-likeness (QED) is 0.899. The molecule has 0 aromatic heterocycles. The first-order valence-corrected chi connectivity index (χ1v) is 7.51. The molecule has 2 rings (SSSR count). The third kappa shape index (κ3) is 3.67. The van der Waals surface area contributed by atoms with Gasteiger partial charge in [0.25, 0.3) is 0 Å². The van der Waals surface area contributed by atoms with Crippen LogP contribution in [0.2, 0.25) is 0 Å². The molecule has 0 saturated carbocycles. The number of hydrogen-bond donors (Lipinski definition) is 1. The Bertz CT molecular complexity index is 454. The van der Waals surface area contributed by atoms with Gasteiger partial charge >= 0.3 is 6.18 Å². The van der Waals surface area contributed by atoms with E-state index in [1.165, 1.54) is 0 Å². The number of nitrogens with two attached hydrogens (primary N) is 1. The largest absolute Gasteiger partial charge is 0.391 e. The predicted molar refractivity (Wildman–Crippen MR) is 77.9 cm³/mol. The van der Waals surface area contributed by atoms with Crippen molar-refractivity contribution in [3.63, 3.8) is 0 Å². The SMILES string of the molecule is NCCc1ccc(Br)cc1N1CCC(C(F)(F)F)CC1.